The molecule has 0 aromatic carbocycles. The maximum atomic E-state index is 12.8. The average Bonchev–Trinajstić information content (AvgIpc) is 2.56. The van der Waals surface area contributed by atoms with E-state index < -0.39 is 29.0 Å². The molecule has 4 nitrogen and oxygen atoms in total. The third kappa shape index (κ3) is 4.21. The maximum absolute atomic E-state index is 12.8. The summed E-state index contributed by atoms with van der Waals surface area (Å²) >= 11 is 7.29. The first-order valence-corrected chi connectivity index (χ1v) is 8.09. The van der Waals surface area contributed by atoms with E-state index in [0.717, 1.165) is 11.3 Å². The van der Waals surface area contributed by atoms with Crippen molar-refractivity contribution in [1.29, 1.82) is 0 Å². The Labute approximate surface area is 118 Å². The lowest BCUT2D eigenvalue weighted by atomic mass is 10.3. The van der Waals surface area contributed by atoms with Crippen molar-refractivity contribution in [2.24, 2.45) is 5.73 Å². The summed E-state index contributed by atoms with van der Waals surface area (Å²) in [7, 11) is -3.97. The van der Waals surface area contributed by atoms with Crippen molar-refractivity contribution in [2.75, 3.05) is 13.1 Å². The Morgan fingerprint density at radius 2 is 2.06 bits per heavy atom. The van der Waals surface area contributed by atoms with Crippen LogP contribution in [0.25, 0.3) is 0 Å². The average molecular weight is 414 g/mol. The van der Waals surface area contributed by atoms with Gasteiger partial charge in [0, 0.05) is 0 Å². The summed E-state index contributed by atoms with van der Waals surface area (Å²) in [5.74, 6) is -3.26. The zero-order chi connectivity index (χ0) is 13.3. The standard InChI is InChI=1S/C7H8Br2F2N2O2S2/c8-5-1-4(6(9)16-5)17(14,15)13-3-7(10,11)2-12/h1,13H,2-3,12H2. The molecule has 1 heterocycles. The molecular weight excluding hydrogens is 406 g/mol. The Morgan fingerprint density at radius 3 is 2.47 bits per heavy atom. The van der Waals surface area contributed by atoms with E-state index in [9.17, 15) is 17.2 Å². The van der Waals surface area contributed by atoms with Crippen LogP contribution >= 0.6 is 43.2 Å². The molecule has 0 radical (unpaired) electrons. The molecule has 0 atom stereocenters. The molecule has 0 saturated carbocycles. The molecule has 0 aliphatic heterocycles. The molecule has 17 heavy (non-hydrogen) atoms. The summed E-state index contributed by atoms with van der Waals surface area (Å²) in [4.78, 5) is -0.0813. The third-order valence-corrected chi connectivity index (χ3v) is 5.89. The lowest BCUT2D eigenvalue weighted by molar-refractivity contribution is 0.0170. The summed E-state index contributed by atoms with van der Waals surface area (Å²) in [5, 5.41) is 0. The summed E-state index contributed by atoms with van der Waals surface area (Å²) in [5.41, 5.74) is 4.81. The number of halogens is 4. The van der Waals surface area contributed by atoms with Crippen molar-refractivity contribution in [3.8, 4) is 0 Å². The predicted octanol–water partition coefficient (Wildman–Crippen LogP) is 2.15. The SMILES string of the molecule is NCC(F)(F)CNS(=O)(=O)c1cc(Br)sc1Br. The minimum Gasteiger partial charge on any atom is -0.325 e. The smallest absolute Gasteiger partial charge is 0.273 e. The van der Waals surface area contributed by atoms with E-state index in [1.165, 1.54) is 6.07 Å². The van der Waals surface area contributed by atoms with Gasteiger partial charge < -0.3 is 5.73 Å². The van der Waals surface area contributed by atoms with Gasteiger partial charge in [-0.25, -0.2) is 21.9 Å². The Balaban J connectivity index is 2.87. The summed E-state index contributed by atoms with van der Waals surface area (Å²) < 4.78 is 51.8. The van der Waals surface area contributed by atoms with Gasteiger partial charge in [0.25, 0.3) is 5.92 Å². The summed E-state index contributed by atoms with van der Waals surface area (Å²) in [6.45, 7) is -1.93. The lowest BCUT2D eigenvalue weighted by Gasteiger charge is -2.14. The van der Waals surface area contributed by atoms with Gasteiger partial charge in [0.05, 0.1) is 20.7 Å². The minimum absolute atomic E-state index is 0.0813. The Hall–Kier alpha value is 0.390. The molecular formula is C7H8Br2F2N2O2S2. The second-order valence-corrected chi connectivity index (χ2v) is 8.56. The maximum Gasteiger partial charge on any atom is 0.273 e. The topological polar surface area (TPSA) is 72.2 Å². The molecule has 1 aromatic rings. The first-order valence-electron chi connectivity index (χ1n) is 4.20. The molecule has 1 aromatic heterocycles. The van der Waals surface area contributed by atoms with E-state index in [2.05, 4.69) is 31.9 Å². The normalized spacial score (nSPS) is 13.0. The number of nitrogens with one attached hydrogen (secondary N) is 1. The van der Waals surface area contributed by atoms with Gasteiger partial charge in [-0.1, -0.05) is 0 Å². The van der Waals surface area contributed by atoms with Crippen LogP contribution in [0.3, 0.4) is 0 Å². The molecule has 0 amide bonds. The van der Waals surface area contributed by atoms with Crippen LogP contribution in [0.2, 0.25) is 0 Å². The van der Waals surface area contributed by atoms with E-state index in [-0.39, 0.29) is 4.90 Å². The van der Waals surface area contributed by atoms with Gasteiger partial charge in [0.2, 0.25) is 10.0 Å². The van der Waals surface area contributed by atoms with Crippen molar-refractivity contribution >= 4 is 53.2 Å². The molecule has 0 unspecified atom stereocenters. The fraction of sp³-hybridized carbons (Fsp3) is 0.429. The van der Waals surface area contributed by atoms with Crippen LogP contribution in [0.5, 0.6) is 0 Å². The molecule has 0 spiro atoms. The second kappa shape index (κ2) is 5.57. The fourth-order valence-corrected chi connectivity index (χ4v) is 5.73. The van der Waals surface area contributed by atoms with Crippen LogP contribution in [-0.2, 0) is 10.0 Å². The van der Waals surface area contributed by atoms with Gasteiger partial charge in [0.1, 0.15) is 4.90 Å². The highest BCUT2D eigenvalue weighted by atomic mass is 79.9. The molecule has 10 heteroatoms. The summed E-state index contributed by atoms with van der Waals surface area (Å²) in [6.07, 6.45) is 0. The van der Waals surface area contributed by atoms with Gasteiger partial charge in [0.15, 0.2) is 0 Å². The molecule has 0 saturated heterocycles. The van der Waals surface area contributed by atoms with Gasteiger partial charge in [-0.15, -0.1) is 11.3 Å². The van der Waals surface area contributed by atoms with Crippen LogP contribution in [0, 0.1) is 0 Å². The predicted molar refractivity (Wildman–Crippen MR) is 68.9 cm³/mol. The van der Waals surface area contributed by atoms with Crippen LogP contribution in [0.15, 0.2) is 18.5 Å². The molecule has 98 valence electrons. The van der Waals surface area contributed by atoms with E-state index in [0.29, 0.717) is 7.57 Å². The number of alkyl halides is 2. The quantitative estimate of drug-likeness (QED) is 0.776. The lowest BCUT2D eigenvalue weighted by Crippen LogP contribution is -2.41. The number of nitrogens with two attached hydrogens (primary N) is 1. The molecule has 0 fully saturated rings. The Bertz CT molecular complexity index is 504. The van der Waals surface area contributed by atoms with Crippen LogP contribution in [0.4, 0.5) is 8.78 Å². The first kappa shape index (κ1) is 15.4. The number of sulfonamides is 1. The largest absolute Gasteiger partial charge is 0.325 e. The van der Waals surface area contributed by atoms with Gasteiger partial charge in [-0.2, -0.15) is 0 Å². The molecule has 1 rings (SSSR count). The zero-order valence-corrected chi connectivity index (χ0v) is 13.0. The van der Waals surface area contributed by atoms with E-state index in [1.54, 1.807) is 0 Å². The first-order chi connectivity index (χ1) is 7.68. The van der Waals surface area contributed by atoms with Crippen molar-refractivity contribution in [2.45, 2.75) is 10.8 Å². The highest BCUT2D eigenvalue weighted by Gasteiger charge is 2.30. The molecule has 0 bridgehead atoms. The molecule has 3 N–H and O–H groups in total. The van der Waals surface area contributed by atoms with Gasteiger partial charge >= 0.3 is 0 Å². The Kier molecular flexibility index (Phi) is 5.07. The number of hydrogen-bond donors (Lipinski definition) is 2. The highest BCUT2D eigenvalue weighted by Crippen LogP contribution is 2.34. The van der Waals surface area contributed by atoms with Gasteiger partial charge in [-0.05, 0) is 37.9 Å². The van der Waals surface area contributed by atoms with Crippen molar-refractivity contribution < 1.29 is 17.2 Å². The van der Waals surface area contributed by atoms with Crippen molar-refractivity contribution in [3.05, 3.63) is 13.6 Å². The Morgan fingerprint density at radius 1 is 1.47 bits per heavy atom. The molecule has 0 aliphatic rings. The van der Waals surface area contributed by atoms with Crippen LogP contribution in [0.1, 0.15) is 0 Å². The van der Waals surface area contributed by atoms with E-state index in [1.807, 2.05) is 4.72 Å². The fourth-order valence-electron chi connectivity index (χ4n) is 0.859. The second-order valence-electron chi connectivity index (χ2n) is 3.07. The number of thiophene rings is 1. The third-order valence-electron chi connectivity index (χ3n) is 1.73. The van der Waals surface area contributed by atoms with Crippen LogP contribution in [-0.4, -0.2) is 27.4 Å². The van der Waals surface area contributed by atoms with E-state index in [4.69, 9.17) is 5.73 Å². The summed E-state index contributed by atoms with van der Waals surface area (Å²) in [6, 6.07) is 1.33. The monoisotopic (exact) mass is 412 g/mol. The van der Waals surface area contributed by atoms with Crippen molar-refractivity contribution in [3.63, 3.8) is 0 Å². The zero-order valence-electron chi connectivity index (χ0n) is 8.21. The highest BCUT2D eigenvalue weighted by molar-refractivity contribution is 9.12. The number of hydrogen-bond acceptors (Lipinski definition) is 4. The van der Waals surface area contributed by atoms with E-state index >= 15 is 0 Å². The van der Waals surface area contributed by atoms with Crippen LogP contribution < -0.4 is 10.5 Å². The number of rotatable bonds is 5. The van der Waals surface area contributed by atoms with Gasteiger partial charge in [-0.3, -0.25) is 0 Å². The van der Waals surface area contributed by atoms with Crippen molar-refractivity contribution in [1.82, 2.24) is 4.72 Å². The molecule has 0 aliphatic carbocycles. The minimum atomic E-state index is -3.97.